The molecule has 3 atom stereocenters. The first kappa shape index (κ1) is 65.0. The number of nitrogens with zero attached hydrogens (tertiary/aromatic N) is 6. The van der Waals surface area contributed by atoms with Gasteiger partial charge in [0.2, 0.25) is 0 Å². The van der Waals surface area contributed by atoms with Crippen LogP contribution in [0.5, 0.6) is 0 Å². The Morgan fingerprint density at radius 1 is 0.372 bits per heavy atom. The molecular weight excluding hydrogens is 1090 g/mol. The molecule has 86 heavy (non-hydrogen) atoms. The molecule has 12 fully saturated rings. The molecule has 0 radical (unpaired) electrons. The molecule has 0 aromatic rings. The number of ether oxygens (including phenoxy) is 4. The van der Waals surface area contributed by atoms with E-state index >= 15 is 4.79 Å². The third kappa shape index (κ3) is 10.6. The second-order valence-corrected chi connectivity index (χ2v) is 35.2. The van der Waals surface area contributed by atoms with Crippen LogP contribution in [0, 0.1) is 0 Å². The van der Waals surface area contributed by atoms with Crippen molar-refractivity contribution in [2.24, 2.45) is 0 Å². The zero-order valence-corrected chi connectivity index (χ0v) is 56.4. The average molecular weight is 1210 g/mol. The SMILES string of the molecule is CCC(O)CN1C(=O)C2(CC(C)(C)NC(C)(C)C2)OC12CCC2.CN1C(C)(C)CC2(CC1(C)C)OC1(CCC1)N(CC(O)CN1C(=O)C3(CC(C)(C)N(CC(O)CN4C(=O)C5(CC(C)(C)NC(C)(C)C5)OC45CCC5)C(C)(C)C3)OC13CCC3)C2=O. The van der Waals surface area contributed by atoms with Crippen molar-refractivity contribution in [1.29, 1.82) is 0 Å². The van der Waals surface area contributed by atoms with Crippen molar-refractivity contribution < 1.29 is 53.4 Å². The summed E-state index contributed by atoms with van der Waals surface area (Å²) in [5.74, 6) is -0.0373. The van der Waals surface area contributed by atoms with Crippen LogP contribution in [0.2, 0.25) is 0 Å². The minimum absolute atomic E-state index is 0.00301. The van der Waals surface area contributed by atoms with Crippen molar-refractivity contribution in [3.63, 3.8) is 0 Å². The van der Waals surface area contributed by atoms with E-state index in [4.69, 9.17) is 18.9 Å². The first-order valence-electron chi connectivity index (χ1n) is 33.6. The number of piperidine rings is 4. The maximum Gasteiger partial charge on any atom is 0.257 e. The Morgan fingerprint density at radius 3 is 0.849 bits per heavy atom. The smallest absolute Gasteiger partial charge is 0.257 e. The van der Waals surface area contributed by atoms with E-state index in [1.54, 1.807) is 0 Å². The Morgan fingerprint density at radius 2 is 0.605 bits per heavy atom. The molecule has 3 unspecified atom stereocenters. The Kier molecular flexibility index (Phi) is 15.3. The number of rotatable bonds is 11. The fourth-order valence-electron chi connectivity index (χ4n) is 20.6. The summed E-state index contributed by atoms with van der Waals surface area (Å²) < 4.78 is 27.6. The molecule has 4 aliphatic carbocycles. The molecule has 12 rings (SSSR count). The molecule has 4 saturated carbocycles. The van der Waals surface area contributed by atoms with Crippen LogP contribution in [0.15, 0.2) is 0 Å². The summed E-state index contributed by atoms with van der Waals surface area (Å²) in [5.41, 5.74) is -8.92. The average Bonchev–Trinajstić information content (AvgIpc) is 2.50. The number of likely N-dealkylation sites (tertiary alicyclic amines) is 2. The molecule has 0 aromatic carbocycles. The number of amides is 4. The minimum atomic E-state index is -1.11. The van der Waals surface area contributed by atoms with E-state index in [2.05, 4.69) is 138 Å². The molecule has 19 nitrogen and oxygen atoms in total. The summed E-state index contributed by atoms with van der Waals surface area (Å²) in [6, 6.07) is 0. The van der Waals surface area contributed by atoms with Crippen molar-refractivity contribution in [2.75, 3.05) is 39.8 Å². The Labute approximate surface area is 515 Å². The summed E-state index contributed by atoms with van der Waals surface area (Å²) in [7, 11) is 2.13. The van der Waals surface area contributed by atoms with Crippen molar-refractivity contribution in [3.05, 3.63) is 0 Å². The first-order valence-corrected chi connectivity index (χ1v) is 33.6. The molecular formula is C67H114N8O11. The van der Waals surface area contributed by atoms with Gasteiger partial charge >= 0.3 is 0 Å². The van der Waals surface area contributed by atoms with Gasteiger partial charge in [-0.15, -0.1) is 0 Å². The number of aliphatic hydroxyl groups excluding tert-OH is 3. The van der Waals surface area contributed by atoms with E-state index in [0.717, 1.165) is 64.2 Å². The number of hydrogen-bond acceptors (Lipinski definition) is 15. The van der Waals surface area contributed by atoms with Crippen LogP contribution in [-0.4, -0.2) is 216 Å². The zero-order chi connectivity index (χ0) is 63.1. The number of β-amino-alcohol motifs (C(OH)–C–C–N with tert-alkyl or cyclic N) is 3. The summed E-state index contributed by atoms with van der Waals surface area (Å²) in [5, 5.41) is 41.5. The van der Waals surface area contributed by atoms with Crippen molar-refractivity contribution in [3.8, 4) is 0 Å². The molecule has 8 saturated heterocycles. The fourth-order valence-corrected chi connectivity index (χ4v) is 20.6. The molecule has 8 aliphatic heterocycles. The molecule has 488 valence electrons. The third-order valence-corrected chi connectivity index (χ3v) is 23.4. The second-order valence-electron chi connectivity index (χ2n) is 35.2. The lowest BCUT2D eigenvalue weighted by Crippen LogP contribution is -2.69. The molecule has 8 spiro atoms. The van der Waals surface area contributed by atoms with Crippen LogP contribution < -0.4 is 10.6 Å². The van der Waals surface area contributed by atoms with Crippen molar-refractivity contribution in [1.82, 2.24) is 40.0 Å². The highest BCUT2D eigenvalue weighted by atomic mass is 16.6. The molecule has 8 heterocycles. The van der Waals surface area contributed by atoms with Gasteiger partial charge in [0.05, 0.1) is 37.9 Å². The molecule has 5 N–H and O–H groups in total. The largest absolute Gasteiger partial charge is 0.391 e. The summed E-state index contributed by atoms with van der Waals surface area (Å²) in [4.78, 5) is 69.8. The maximum atomic E-state index is 15.1. The van der Waals surface area contributed by atoms with Gasteiger partial charge in [-0.2, -0.15) is 0 Å². The lowest BCUT2D eigenvalue weighted by atomic mass is 9.70. The highest BCUT2D eigenvalue weighted by Gasteiger charge is 2.72. The number of carbonyl (C=O) groups excluding carboxylic acids is 4. The number of hydrogen-bond donors (Lipinski definition) is 5. The van der Waals surface area contributed by atoms with Gasteiger partial charge in [0.1, 0.15) is 22.9 Å². The van der Waals surface area contributed by atoms with Gasteiger partial charge < -0.3 is 64.5 Å². The molecule has 12 aliphatic rings. The van der Waals surface area contributed by atoms with E-state index in [9.17, 15) is 29.7 Å². The lowest BCUT2D eigenvalue weighted by molar-refractivity contribution is -0.226. The lowest BCUT2D eigenvalue weighted by Gasteiger charge is -2.58. The second kappa shape index (κ2) is 20.2. The van der Waals surface area contributed by atoms with E-state index in [1.807, 2.05) is 26.5 Å². The van der Waals surface area contributed by atoms with Gasteiger partial charge in [-0.1, -0.05) is 6.92 Å². The summed E-state index contributed by atoms with van der Waals surface area (Å²) >= 11 is 0. The van der Waals surface area contributed by atoms with Crippen LogP contribution in [0.1, 0.15) is 253 Å². The van der Waals surface area contributed by atoms with Crippen LogP contribution in [-0.2, 0) is 38.1 Å². The van der Waals surface area contributed by atoms with Gasteiger partial charge in [-0.3, -0.25) is 29.0 Å². The van der Waals surface area contributed by atoms with Crippen LogP contribution in [0.4, 0.5) is 0 Å². The topological polar surface area (TPSA) is 209 Å². The number of nitrogens with one attached hydrogen (secondary N) is 2. The van der Waals surface area contributed by atoms with Gasteiger partial charge in [-0.05, 0) is 201 Å². The van der Waals surface area contributed by atoms with E-state index < -0.39 is 74.7 Å². The van der Waals surface area contributed by atoms with Crippen LogP contribution in [0.25, 0.3) is 0 Å². The van der Waals surface area contributed by atoms with Crippen LogP contribution >= 0.6 is 0 Å². The fraction of sp³-hybridized carbons (Fsp3) is 0.940. The number of carbonyl (C=O) groups is 4. The Bertz CT molecular complexity index is 2620. The minimum Gasteiger partial charge on any atom is -0.391 e. The first-order chi connectivity index (χ1) is 39.3. The zero-order valence-electron chi connectivity index (χ0n) is 56.4. The van der Waals surface area contributed by atoms with Crippen LogP contribution in [0.3, 0.4) is 0 Å². The molecule has 0 bridgehead atoms. The van der Waals surface area contributed by atoms with E-state index in [-0.39, 0.29) is 76.5 Å². The van der Waals surface area contributed by atoms with Crippen molar-refractivity contribution >= 4 is 23.6 Å². The molecule has 0 aromatic heterocycles. The quantitative estimate of drug-likeness (QED) is 0.139. The maximum absolute atomic E-state index is 15.1. The predicted molar refractivity (Wildman–Crippen MR) is 327 cm³/mol. The van der Waals surface area contributed by atoms with Gasteiger partial charge in [0, 0.05) is 109 Å². The Hall–Kier alpha value is -2.56. The normalized spacial score (nSPS) is 33.3. The molecule has 4 amide bonds. The standard InChI is InChI=1S/C49H82N6O8.C18H32N2O3/c1-38(2)27-44(28-39(3,4)50-38)35(58)54(47(61-44)17-14-18-47)25-34(57)26-55-42(9,10)31-46(32-43(55,11)12)37(60)53(49(63-46)21-16-22-49)24-33(56)23-52-36(59)45(62-48(52)19-15-20-48)29-40(5,6)51(13)41(7,8)30-45;1-6-13(21)10-20-14(22)17(23-18(20)8-7-9-18)11-15(2,3)19-16(4,5)12-17/h33-34,50,56-57H,14-32H2,1-13H3;13,19,21H,6-12H2,1-5H3. The highest BCUT2D eigenvalue weighted by molar-refractivity contribution is 5.91. The predicted octanol–water partition coefficient (Wildman–Crippen LogP) is 7.19. The number of aliphatic hydroxyl groups is 3. The van der Waals surface area contributed by atoms with E-state index in [0.29, 0.717) is 83.7 Å². The summed E-state index contributed by atoms with van der Waals surface area (Å²) in [6.07, 6.45) is 13.1. The highest BCUT2D eigenvalue weighted by Crippen LogP contribution is 2.60. The van der Waals surface area contributed by atoms with Crippen molar-refractivity contribution in [2.45, 2.75) is 360 Å². The molecule has 19 heteroatoms. The Balaban J connectivity index is 0.000000279. The monoisotopic (exact) mass is 1210 g/mol. The van der Waals surface area contributed by atoms with E-state index in [1.165, 1.54) is 0 Å². The van der Waals surface area contributed by atoms with Gasteiger partial charge in [0.25, 0.3) is 23.6 Å². The van der Waals surface area contributed by atoms with Gasteiger partial charge in [-0.25, -0.2) is 0 Å². The third-order valence-electron chi connectivity index (χ3n) is 23.4. The van der Waals surface area contributed by atoms with Gasteiger partial charge in [0.15, 0.2) is 22.4 Å². The summed E-state index contributed by atoms with van der Waals surface area (Å²) in [6.45, 7) is 37.4.